The van der Waals surface area contributed by atoms with E-state index in [9.17, 15) is 4.79 Å². The van der Waals surface area contributed by atoms with Crippen LogP contribution in [0, 0.1) is 0 Å². The lowest BCUT2D eigenvalue weighted by atomic mass is 10.1. The highest BCUT2D eigenvalue weighted by Gasteiger charge is 2.29. The lowest BCUT2D eigenvalue weighted by molar-refractivity contribution is -0.154. The first-order valence-electron chi connectivity index (χ1n) is 5.26. The van der Waals surface area contributed by atoms with E-state index in [0.29, 0.717) is 13.0 Å². The van der Waals surface area contributed by atoms with E-state index in [1.807, 2.05) is 30.3 Å². The molecule has 0 saturated carbocycles. The van der Waals surface area contributed by atoms with Gasteiger partial charge in [0, 0.05) is 6.42 Å². The maximum atomic E-state index is 11.4. The van der Waals surface area contributed by atoms with Gasteiger partial charge in [0.1, 0.15) is 0 Å². The van der Waals surface area contributed by atoms with Gasteiger partial charge in [0.05, 0.1) is 12.3 Å². The van der Waals surface area contributed by atoms with E-state index in [2.05, 4.69) is 5.16 Å². The van der Waals surface area contributed by atoms with E-state index >= 15 is 0 Å². The number of carbonyl (C=O) groups is 1. The van der Waals surface area contributed by atoms with Crippen LogP contribution in [0.4, 0.5) is 0 Å². The minimum Gasteiger partial charge on any atom is -0.463 e. The molecule has 1 aliphatic rings. The second kappa shape index (κ2) is 4.79. The van der Waals surface area contributed by atoms with Gasteiger partial charge in [0.25, 0.3) is 0 Å². The van der Waals surface area contributed by atoms with Crippen LogP contribution in [0.25, 0.3) is 0 Å². The van der Waals surface area contributed by atoms with Crippen molar-refractivity contribution in [1.82, 2.24) is 0 Å². The highest BCUT2D eigenvalue weighted by Crippen LogP contribution is 2.17. The van der Waals surface area contributed by atoms with E-state index in [1.54, 1.807) is 6.92 Å². The predicted molar refractivity (Wildman–Crippen MR) is 59.1 cm³/mol. The van der Waals surface area contributed by atoms with Gasteiger partial charge in [-0.2, -0.15) is 0 Å². The average Bonchev–Trinajstić information content (AvgIpc) is 2.80. The fourth-order valence-electron chi connectivity index (χ4n) is 1.54. The van der Waals surface area contributed by atoms with Crippen LogP contribution in [-0.4, -0.2) is 24.4 Å². The quantitative estimate of drug-likeness (QED) is 0.727. The number of carbonyl (C=O) groups excluding carboxylic acids is 1. The normalized spacial score (nSPS) is 18.8. The average molecular weight is 219 g/mol. The number of nitrogens with zero attached hydrogens (tertiary/aromatic N) is 1. The Bertz CT molecular complexity index is 400. The second-order valence-corrected chi connectivity index (χ2v) is 3.45. The van der Waals surface area contributed by atoms with Crippen LogP contribution in [-0.2, 0) is 14.4 Å². The first kappa shape index (κ1) is 10.7. The number of esters is 1. The van der Waals surface area contributed by atoms with Gasteiger partial charge >= 0.3 is 5.97 Å². The van der Waals surface area contributed by atoms with Crippen molar-refractivity contribution in [2.45, 2.75) is 19.4 Å². The van der Waals surface area contributed by atoms with Crippen LogP contribution >= 0.6 is 0 Å². The summed E-state index contributed by atoms with van der Waals surface area (Å²) in [6.07, 6.45) is -0.113. The summed E-state index contributed by atoms with van der Waals surface area (Å²) in [6.45, 7) is 2.13. The topological polar surface area (TPSA) is 47.9 Å². The highest BCUT2D eigenvalue weighted by molar-refractivity contribution is 6.03. The third kappa shape index (κ3) is 2.21. The third-order valence-electron chi connectivity index (χ3n) is 2.33. The molecule has 4 heteroatoms. The zero-order chi connectivity index (χ0) is 11.4. The van der Waals surface area contributed by atoms with Crippen molar-refractivity contribution in [3.63, 3.8) is 0 Å². The van der Waals surface area contributed by atoms with E-state index in [-0.39, 0.29) is 5.97 Å². The molecule has 1 heterocycles. The van der Waals surface area contributed by atoms with Crippen molar-refractivity contribution in [1.29, 1.82) is 0 Å². The predicted octanol–water partition coefficient (Wildman–Crippen LogP) is 1.74. The molecule has 0 unspecified atom stereocenters. The minimum atomic E-state index is -0.588. The Morgan fingerprint density at radius 2 is 2.25 bits per heavy atom. The van der Waals surface area contributed by atoms with Crippen molar-refractivity contribution in [3.05, 3.63) is 35.9 Å². The van der Waals surface area contributed by atoms with Gasteiger partial charge in [-0.1, -0.05) is 35.5 Å². The fraction of sp³-hybridized carbons (Fsp3) is 0.333. The van der Waals surface area contributed by atoms with E-state index < -0.39 is 6.10 Å². The molecule has 1 atom stereocenters. The Labute approximate surface area is 93.9 Å². The summed E-state index contributed by atoms with van der Waals surface area (Å²) in [7, 11) is 0. The Balaban J connectivity index is 2.00. The fourth-order valence-corrected chi connectivity index (χ4v) is 1.54. The summed E-state index contributed by atoms with van der Waals surface area (Å²) in [6, 6.07) is 9.67. The summed E-state index contributed by atoms with van der Waals surface area (Å²) in [4.78, 5) is 16.4. The zero-order valence-corrected chi connectivity index (χ0v) is 9.05. The van der Waals surface area contributed by atoms with Crippen LogP contribution < -0.4 is 0 Å². The molecule has 0 radical (unpaired) electrons. The van der Waals surface area contributed by atoms with Crippen molar-refractivity contribution in [2.75, 3.05) is 6.61 Å². The zero-order valence-electron chi connectivity index (χ0n) is 9.05. The van der Waals surface area contributed by atoms with Crippen LogP contribution in [0.5, 0.6) is 0 Å². The van der Waals surface area contributed by atoms with Gasteiger partial charge in [-0.25, -0.2) is 4.79 Å². The molecule has 1 aromatic carbocycles. The molecule has 0 amide bonds. The van der Waals surface area contributed by atoms with Crippen molar-refractivity contribution in [2.24, 2.45) is 5.16 Å². The summed E-state index contributed by atoms with van der Waals surface area (Å²) in [5, 5.41) is 3.91. The summed E-state index contributed by atoms with van der Waals surface area (Å²) >= 11 is 0. The standard InChI is InChI=1S/C12H13NO3/c1-2-15-12(14)11-8-10(13-16-11)9-6-4-3-5-7-9/h3-7,11H,2,8H2,1H3/t11-/m1/s1. The van der Waals surface area contributed by atoms with E-state index in [1.165, 1.54) is 0 Å². The van der Waals surface area contributed by atoms with E-state index in [0.717, 1.165) is 11.3 Å². The van der Waals surface area contributed by atoms with Gasteiger partial charge in [-0.05, 0) is 12.5 Å². The number of oxime groups is 1. The maximum absolute atomic E-state index is 11.4. The highest BCUT2D eigenvalue weighted by atomic mass is 16.7. The molecule has 0 fully saturated rings. The molecule has 0 aliphatic carbocycles. The number of ether oxygens (including phenoxy) is 1. The second-order valence-electron chi connectivity index (χ2n) is 3.45. The number of hydrogen-bond donors (Lipinski definition) is 0. The summed E-state index contributed by atoms with van der Waals surface area (Å²) in [5.41, 5.74) is 1.77. The molecular formula is C12H13NO3. The molecule has 0 bridgehead atoms. The maximum Gasteiger partial charge on any atom is 0.350 e. The lowest BCUT2D eigenvalue weighted by Gasteiger charge is -2.06. The summed E-state index contributed by atoms with van der Waals surface area (Å²) < 4.78 is 4.87. The van der Waals surface area contributed by atoms with Crippen LogP contribution in [0.15, 0.2) is 35.5 Å². The van der Waals surface area contributed by atoms with Crippen LogP contribution in [0.1, 0.15) is 18.9 Å². The van der Waals surface area contributed by atoms with Gasteiger partial charge in [-0.3, -0.25) is 0 Å². The number of hydrogen-bond acceptors (Lipinski definition) is 4. The molecular weight excluding hydrogens is 206 g/mol. The monoisotopic (exact) mass is 219 g/mol. The van der Waals surface area contributed by atoms with Crippen LogP contribution in [0.3, 0.4) is 0 Å². The number of benzene rings is 1. The van der Waals surface area contributed by atoms with Gasteiger partial charge < -0.3 is 9.57 Å². The molecule has 1 aliphatic heterocycles. The molecule has 0 aromatic heterocycles. The first-order valence-corrected chi connectivity index (χ1v) is 5.26. The first-order chi connectivity index (χ1) is 7.81. The molecule has 0 N–H and O–H groups in total. The number of rotatable bonds is 3. The molecule has 16 heavy (non-hydrogen) atoms. The lowest BCUT2D eigenvalue weighted by Crippen LogP contribution is -2.23. The van der Waals surface area contributed by atoms with Gasteiger partial charge in [0.2, 0.25) is 6.10 Å². The largest absolute Gasteiger partial charge is 0.463 e. The van der Waals surface area contributed by atoms with Gasteiger partial charge in [0.15, 0.2) is 0 Å². The molecule has 4 nitrogen and oxygen atoms in total. The van der Waals surface area contributed by atoms with Crippen LogP contribution in [0.2, 0.25) is 0 Å². The smallest absolute Gasteiger partial charge is 0.350 e. The third-order valence-corrected chi connectivity index (χ3v) is 2.33. The Kier molecular flexibility index (Phi) is 3.19. The Morgan fingerprint density at radius 3 is 2.94 bits per heavy atom. The molecule has 1 aromatic rings. The molecule has 2 rings (SSSR count). The van der Waals surface area contributed by atoms with Crippen molar-refractivity contribution in [3.8, 4) is 0 Å². The van der Waals surface area contributed by atoms with Gasteiger partial charge in [-0.15, -0.1) is 0 Å². The minimum absolute atomic E-state index is 0.350. The van der Waals surface area contributed by atoms with Crippen molar-refractivity contribution < 1.29 is 14.4 Å². The molecule has 0 saturated heterocycles. The van der Waals surface area contributed by atoms with E-state index in [4.69, 9.17) is 9.57 Å². The molecule has 0 spiro atoms. The summed E-state index contributed by atoms with van der Waals surface area (Å²) in [5.74, 6) is -0.350. The van der Waals surface area contributed by atoms with Crippen molar-refractivity contribution >= 4 is 11.7 Å². The Hall–Kier alpha value is -1.84. The molecule has 84 valence electrons. The Morgan fingerprint density at radius 1 is 1.50 bits per heavy atom. The SMILES string of the molecule is CCOC(=O)[C@H]1CC(c2ccccc2)=NO1.